The Kier molecular flexibility index (Phi) is 10.3. The van der Waals surface area contributed by atoms with E-state index in [4.69, 9.17) is 9.47 Å². The molecule has 240 valence electrons. The van der Waals surface area contributed by atoms with Gasteiger partial charge in [-0.1, -0.05) is 109 Å². The number of allylic oxidation sites excluding steroid dienone is 5. The molecule has 0 saturated heterocycles. The highest BCUT2D eigenvalue weighted by molar-refractivity contribution is 5.80. The molecule has 0 bridgehead atoms. The molecule has 0 spiro atoms. The van der Waals surface area contributed by atoms with Gasteiger partial charge in [-0.05, 0) is 77.6 Å². The average Bonchev–Trinajstić information content (AvgIpc) is 3.27. The number of rotatable bonds is 13. The molecule has 5 nitrogen and oxygen atoms in total. The Morgan fingerprint density at radius 1 is 0.851 bits per heavy atom. The van der Waals surface area contributed by atoms with Crippen molar-refractivity contribution in [3.8, 4) is 16.9 Å². The fourth-order valence-electron chi connectivity index (χ4n) is 6.59. The van der Waals surface area contributed by atoms with Crippen molar-refractivity contribution in [3.63, 3.8) is 0 Å². The quantitative estimate of drug-likeness (QED) is 0.161. The van der Waals surface area contributed by atoms with Crippen LogP contribution in [0.4, 0.5) is 0 Å². The Balaban J connectivity index is 1.24. The number of carboxylic acids is 1. The SMILES string of the molecule is COC(Cc1ccc(OCCN(C)C2=C3C=C(CCc4ccccc4)CC=C3CCc3cc(-c4ccccc4)ccc32)cc1)C(=O)O. The van der Waals surface area contributed by atoms with Crippen molar-refractivity contribution in [1.29, 1.82) is 0 Å². The molecule has 6 rings (SSSR count). The number of carbonyl (C=O) groups is 1. The van der Waals surface area contributed by atoms with E-state index < -0.39 is 12.1 Å². The van der Waals surface area contributed by atoms with Crippen LogP contribution < -0.4 is 4.74 Å². The minimum atomic E-state index is -0.961. The van der Waals surface area contributed by atoms with E-state index in [0.29, 0.717) is 19.6 Å². The van der Waals surface area contributed by atoms with Gasteiger partial charge in [-0.15, -0.1) is 0 Å². The van der Waals surface area contributed by atoms with Crippen molar-refractivity contribution < 1.29 is 19.4 Å². The summed E-state index contributed by atoms with van der Waals surface area (Å²) < 4.78 is 11.3. The first kappa shape index (κ1) is 32.1. The summed E-state index contributed by atoms with van der Waals surface area (Å²) in [6.07, 6.45) is 9.50. The molecule has 1 atom stereocenters. The zero-order valence-electron chi connectivity index (χ0n) is 27.3. The number of hydrogen-bond donors (Lipinski definition) is 1. The lowest BCUT2D eigenvalue weighted by Crippen LogP contribution is -2.25. The molecule has 2 aliphatic rings. The lowest BCUT2D eigenvalue weighted by atomic mass is 9.88. The number of nitrogens with zero attached hydrogens (tertiary/aromatic N) is 1. The van der Waals surface area contributed by atoms with Crippen LogP contribution in [0.5, 0.6) is 5.75 Å². The lowest BCUT2D eigenvalue weighted by molar-refractivity contribution is -0.148. The van der Waals surface area contributed by atoms with Crippen molar-refractivity contribution in [2.45, 2.75) is 44.6 Å². The number of methoxy groups -OCH3 is 1. The van der Waals surface area contributed by atoms with Crippen molar-refractivity contribution in [3.05, 3.63) is 154 Å². The van der Waals surface area contributed by atoms with Gasteiger partial charge in [-0.2, -0.15) is 0 Å². The number of benzene rings is 4. The second kappa shape index (κ2) is 15.1. The van der Waals surface area contributed by atoms with E-state index >= 15 is 0 Å². The van der Waals surface area contributed by atoms with Crippen molar-refractivity contribution in [2.75, 3.05) is 27.3 Å². The van der Waals surface area contributed by atoms with Crippen molar-refractivity contribution >= 4 is 11.7 Å². The maximum absolute atomic E-state index is 11.4. The molecule has 1 unspecified atom stereocenters. The van der Waals surface area contributed by atoms with Crippen LogP contribution in [0.15, 0.2) is 132 Å². The number of hydrogen-bond acceptors (Lipinski definition) is 4. The van der Waals surface area contributed by atoms with Gasteiger partial charge in [-0.3, -0.25) is 0 Å². The summed E-state index contributed by atoms with van der Waals surface area (Å²) in [4.78, 5) is 13.7. The maximum atomic E-state index is 11.4. The molecule has 0 heterocycles. The number of aliphatic carboxylic acids is 1. The van der Waals surface area contributed by atoms with Gasteiger partial charge in [0.25, 0.3) is 0 Å². The van der Waals surface area contributed by atoms with Crippen LogP contribution in [-0.2, 0) is 28.8 Å². The molecule has 5 heteroatoms. The summed E-state index contributed by atoms with van der Waals surface area (Å²) in [5.74, 6) is -0.198. The molecule has 0 saturated carbocycles. The molecule has 0 aromatic heterocycles. The van der Waals surface area contributed by atoms with Gasteiger partial charge < -0.3 is 19.5 Å². The predicted octanol–water partition coefficient (Wildman–Crippen LogP) is 8.55. The first-order valence-electron chi connectivity index (χ1n) is 16.5. The third-order valence-corrected chi connectivity index (χ3v) is 9.25. The fraction of sp³-hybridized carbons (Fsp3) is 0.262. The number of fused-ring (bicyclic) bond motifs is 2. The first-order valence-corrected chi connectivity index (χ1v) is 16.5. The molecular formula is C42H43NO4. The molecule has 4 aromatic carbocycles. The van der Waals surface area contributed by atoms with Gasteiger partial charge in [0.15, 0.2) is 6.10 Å². The topological polar surface area (TPSA) is 59.0 Å². The Hall–Kier alpha value is -4.87. The highest BCUT2D eigenvalue weighted by Gasteiger charge is 2.25. The van der Waals surface area contributed by atoms with E-state index in [1.54, 1.807) is 0 Å². The summed E-state index contributed by atoms with van der Waals surface area (Å²) in [6.45, 7) is 1.23. The molecule has 0 aliphatic heterocycles. The Labute approximate surface area is 278 Å². The van der Waals surface area contributed by atoms with Gasteiger partial charge in [0.2, 0.25) is 0 Å². The third-order valence-electron chi connectivity index (χ3n) is 9.25. The van der Waals surface area contributed by atoms with Crippen LogP contribution in [0.1, 0.15) is 41.5 Å². The molecule has 1 N–H and O–H groups in total. The molecular weight excluding hydrogens is 582 g/mol. The van der Waals surface area contributed by atoms with Gasteiger partial charge in [-0.25, -0.2) is 4.79 Å². The highest BCUT2D eigenvalue weighted by Crippen LogP contribution is 2.40. The molecule has 0 amide bonds. The average molecular weight is 626 g/mol. The zero-order chi connectivity index (χ0) is 32.6. The molecule has 0 radical (unpaired) electrons. The number of likely N-dealkylation sites (N-methyl/N-ethyl adjacent to an activating group) is 1. The summed E-state index contributed by atoms with van der Waals surface area (Å²) in [5.41, 5.74) is 12.9. The molecule has 47 heavy (non-hydrogen) atoms. The largest absolute Gasteiger partial charge is 0.492 e. The Morgan fingerprint density at radius 3 is 2.32 bits per heavy atom. The Bertz CT molecular complexity index is 1770. The standard InChI is InChI=1S/C42H43NO4/c1-43(25-26-47-37-22-16-32(17-23-37)28-40(46-2)42(44)45)41-38-24-21-35(33-11-7-4-8-12-33)29-36(38)20-19-34-18-15-31(27-39(34)41)14-13-30-9-5-3-6-10-30/h3-12,16-18,21-24,27,29,40H,13-15,19-20,25-26,28H2,1-2H3,(H,44,45). The van der Waals surface area contributed by atoms with Crippen LogP contribution in [0.2, 0.25) is 0 Å². The van der Waals surface area contributed by atoms with Crippen LogP contribution >= 0.6 is 0 Å². The van der Waals surface area contributed by atoms with Crippen LogP contribution in [0.3, 0.4) is 0 Å². The fourth-order valence-corrected chi connectivity index (χ4v) is 6.59. The number of aryl methyl sites for hydroxylation is 2. The van der Waals surface area contributed by atoms with Gasteiger partial charge in [0.05, 0.1) is 12.2 Å². The summed E-state index contributed by atoms with van der Waals surface area (Å²) in [7, 11) is 3.60. The highest BCUT2D eigenvalue weighted by atomic mass is 16.5. The van der Waals surface area contributed by atoms with E-state index in [0.717, 1.165) is 43.4 Å². The third kappa shape index (κ3) is 7.93. The molecule has 0 fully saturated rings. The summed E-state index contributed by atoms with van der Waals surface area (Å²) in [6, 6.07) is 36.0. The number of ether oxygens (including phenoxy) is 2. The second-order valence-electron chi connectivity index (χ2n) is 12.4. The summed E-state index contributed by atoms with van der Waals surface area (Å²) >= 11 is 0. The zero-order valence-corrected chi connectivity index (χ0v) is 27.3. The number of carboxylic acid groups (broad SMARTS) is 1. The normalized spacial score (nSPS) is 14.7. The van der Waals surface area contributed by atoms with Crippen molar-refractivity contribution in [1.82, 2.24) is 4.90 Å². The smallest absolute Gasteiger partial charge is 0.333 e. The van der Waals surface area contributed by atoms with Crippen LogP contribution in [0, 0.1) is 0 Å². The van der Waals surface area contributed by atoms with E-state index in [2.05, 4.69) is 103 Å². The van der Waals surface area contributed by atoms with E-state index in [1.807, 2.05) is 24.3 Å². The second-order valence-corrected chi connectivity index (χ2v) is 12.4. The van der Waals surface area contributed by atoms with Gasteiger partial charge >= 0.3 is 5.97 Å². The lowest BCUT2D eigenvalue weighted by Gasteiger charge is -2.28. The maximum Gasteiger partial charge on any atom is 0.333 e. The molecule has 4 aromatic rings. The predicted molar refractivity (Wildman–Crippen MR) is 189 cm³/mol. The summed E-state index contributed by atoms with van der Waals surface area (Å²) in [5, 5.41) is 9.31. The first-order chi connectivity index (χ1) is 23.0. The van der Waals surface area contributed by atoms with E-state index in [9.17, 15) is 9.90 Å². The van der Waals surface area contributed by atoms with Crippen LogP contribution in [0.25, 0.3) is 16.8 Å². The molecule has 2 aliphatic carbocycles. The minimum absolute atomic E-state index is 0.313. The van der Waals surface area contributed by atoms with Crippen molar-refractivity contribution in [2.24, 2.45) is 0 Å². The van der Waals surface area contributed by atoms with E-state index in [-0.39, 0.29) is 0 Å². The minimum Gasteiger partial charge on any atom is -0.492 e. The van der Waals surface area contributed by atoms with Gasteiger partial charge in [0.1, 0.15) is 12.4 Å². The van der Waals surface area contributed by atoms with E-state index in [1.165, 1.54) is 57.3 Å². The van der Waals surface area contributed by atoms with Gasteiger partial charge in [0, 0.05) is 31.7 Å². The van der Waals surface area contributed by atoms with Crippen LogP contribution in [-0.4, -0.2) is 49.4 Å². The monoisotopic (exact) mass is 625 g/mol. The Morgan fingerprint density at radius 2 is 1.60 bits per heavy atom.